The average molecular weight is 261 g/mol. The average Bonchev–Trinajstić information content (AvgIpc) is 2.37. The molecular weight excluding hydrogens is 244 g/mol. The second kappa shape index (κ2) is 5.92. The summed E-state index contributed by atoms with van der Waals surface area (Å²) in [6.45, 7) is 4.95. The molecule has 18 heavy (non-hydrogen) atoms. The summed E-state index contributed by atoms with van der Waals surface area (Å²) >= 11 is 5.90. The number of rotatable bonds is 4. The van der Waals surface area contributed by atoms with E-state index in [4.69, 9.17) is 16.3 Å². The van der Waals surface area contributed by atoms with E-state index in [1.54, 1.807) is 0 Å². The fourth-order valence-electron chi connectivity index (χ4n) is 1.72. The van der Waals surface area contributed by atoms with Gasteiger partial charge in [0, 0.05) is 5.02 Å². The molecule has 2 rings (SSSR count). The first kappa shape index (κ1) is 13.0. The smallest absolute Gasteiger partial charge is 0.121 e. The molecule has 0 saturated heterocycles. The van der Waals surface area contributed by atoms with Crippen molar-refractivity contribution in [2.75, 3.05) is 0 Å². The van der Waals surface area contributed by atoms with Crippen LogP contribution in [0.2, 0.25) is 5.02 Å². The molecule has 0 aliphatic heterocycles. The Morgan fingerprint density at radius 2 is 1.78 bits per heavy atom. The molecule has 94 valence electrons. The van der Waals surface area contributed by atoms with Crippen molar-refractivity contribution in [3.63, 3.8) is 0 Å². The fraction of sp³-hybridized carbons (Fsp3) is 0.250. The first-order valence-electron chi connectivity index (χ1n) is 6.12. The van der Waals surface area contributed by atoms with Crippen LogP contribution in [0.4, 0.5) is 0 Å². The lowest BCUT2D eigenvalue weighted by atomic mass is 10.0. The lowest BCUT2D eigenvalue weighted by Gasteiger charge is -2.09. The summed E-state index contributed by atoms with van der Waals surface area (Å²) < 4.78 is 5.69. The maximum atomic E-state index is 5.90. The monoisotopic (exact) mass is 260 g/mol. The van der Waals surface area contributed by atoms with Crippen LogP contribution < -0.4 is 4.74 Å². The highest BCUT2D eigenvalue weighted by atomic mass is 35.5. The zero-order chi connectivity index (χ0) is 13.0. The molecule has 2 heteroatoms. The van der Waals surface area contributed by atoms with Gasteiger partial charge in [-0.2, -0.15) is 0 Å². The van der Waals surface area contributed by atoms with E-state index in [0.717, 1.165) is 5.75 Å². The Bertz CT molecular complexity index is 503. The molecule has 0 aliphatic carbocycles. The number of benzene rings is 2. The van der Waals surface area contributed by atoms with Gasteiger partial charge in [-0.1, -0.05) is 55.8 Å². The summed E-state index contributed by atoms with van der Waals surface area (Å²) in [6.07, 6.45) is 0. The fourth-order valence-corrected chi connectivity index (χ4v) is 1.90. The summed E-state index contributed by atoms with van der Waals surface area (Å²) in [5, 5.41) is 0.697. The maximum absolute atomic E-state index is 5.90. The van der Waals surface area contributed by atoms with E-state index in [2.05, 4.69) is 38.1 Å². The Hall–Kier alpha value is -1.47. The van der Waals surface area contributed by atoms with Crippen LogP contribution in [-0.4, -0.2) is 0 Å². The van der Waals surface area contributed by atoms with Gasteiger partial charge in [-0.25, -0.2) is 0 Å². The van der Waals surface area contributed by atoms with Gasteiger partial charge in [0.1, 0.15) is 12.4 Å². The minimum Gasteiger partial charge on any atom is -0.489 e. The summed E-state index contributed by atoms with van der Waals surface area (Å²) in [6, 6.07) is 16.0. The van der Waals surface area contributed by atoms with Crippen LogP contribution in [0.3, 0.4) is 0 Å². The predicted octanol–water partition coefficient (Wildman–Crippen LogP) is 5.04. The van der Waals surface area contributed by atoms with Crippen LogP contribution >= 0.6 is 11.6 Å². The molecule has 0 N–H and O–H groups in total. The van der Waals surface area contributed by atoms with Gasteiger partial charge < -0.3 is 4.74 Å². The molecule has 2 aromatic carbocycles. The Morgan fingerprint density at radius 1 is 1.06 bits per heavy atom. The summed E-state index contributed by atoms with van der Waals surface area (Å²) in [5.41, 5.74) is 2.51. The highest BCUT2D eigenvalue weighted by Crippen LogP contribution is 2.19. The molecule has 2 aromatic rings. The number of halogens is 1. The molecule has 0 unspecified atom stereocenters. The molecule has 0 aromatic heterocycles. The molecule has 0 fully saturated rings. The molecule has 0 saturated carbocycles. The molecule has 0 spiro atoms. The zero-order valence-electron chi connectivity index (χ0n) is 10.7. The third-order valence-corrected chi connectivity index (χ3v) is 3.08. The van der Waals surface area contributed by atoms with Gasteiger partial charge in [-0.15, -0.1) is 0 Å². The van der Waals surface area contributed by atoms with Crippen molar-refractivity contribution in [3.05, 3.63) is 64.7 Å². The van der Waals surface area contributed by atoms with Gasteiger partial charge in [0.05, 0.1) is 0 Å². The van der Waals surface area contributed by atoms with Gasteiger partial charge in [-0.3, -0.25) is 0 Å². The van der Waals surface area contributed by atoms with E-state index in [0.29, 0.717) is 17.5 Å². The van der Waals surface area contributed by atoms with Gasteiger partial charge in [0.15, 0.2) is 0 Å². The quantitative estimate of drug-likeness (QED) is 0.748. The lowest BCUT2D eigenvalue weighted by Crippen LogP contribution is -1.96. The summed E-state index contributed by atoms with van der Waals surface area (Å²) in [7, 11) is 0. The third-order valence-electron chi connectivity index (χ3n) is 2.85. The minimum absolute atomic E-state index is 0.563. The molecule has 0 heterocycles. The Kier molecular flexibility index (Phi) is 4.27. The molecule has 0 atom stereocenters. The topological polar surface area (TPSA) is 9.23 Å². The standard InChI is InChI=1S/C16H17ClO/c1-12(2)14-8-6-13(7-9-14)11-18-16-5-3-4-15(17)10-16/h3-10,12H,11H2,1-2H3. The first-order valence-corrected chi connectivity index (χ1v) is 6.50. The van der Waals surface area contributed by atoms with Crippen LogP contribution in [-0.2, 0) is 6.61 Å². The predicted molar refractivity (Wildman–Crippen MR) is 76.3 cm³/mol. The molecule has 1 nitrogen and oxygen atoms in total. The summed E-state index contributed by atoms with van der Waals surface area (Å²) in [5.74, 6) is 1.36. The zero-order valence-corrected chi connectivity index (χ0v) is 11.4. The molecule has 0 amide bonds. The lowest BCUT2D eigenvalue weighted by molar-refractivity contribution is 0.306. The van der Waals surface area contributed by atoms with E-state index < -0.39 is 0 Å². The van der Waals surface area contributed by atoms with Crippen LogP contribution in [0.5, 0.6) is 5.75 Å². The van der Waals surface area contributed by atoms with Crippen LogP contribution in [0.25, 0.3) is 0 Å². The highest BCUT2D eigenvalue weighted by Gasteiger charge is 2.00. The normalized spacial score (nSPS) is 10.7. The second-order valence-electron chi connectivity index (χ2n) is 4.64. The van der Waals surface area contributed by atoms with Crippen LogP contribution in [0.1, 0.15) is 30.9 Å². The van der Waals surface area contributed by atoms with Crippen molar-refractivity contribution in [3.8, 4) is 5.75 Å². The van der Waals surface area contributed by atoms with Gasteiger partial charge in [0.2, 0.25) is 0 Å². The van der Waals surface area contributed by atoms with E-state index in [-0.39, 0.29) is 0 Å². The van der Waals surface area contributed by atoms with E-state index in [1.807, 2.05) is 24.3 Å². The van der Waals surface area contributed by atoms with Crippen molar-refractivity contribution in [1.82, 2.24) is 0 Å². The highest BCUT2D eigenvalue weighted by molar-refractivity contribution is 6.30. The number of hydrogen-bond donors (Lipinski definition) is 0. The largest absolute Gasteiger partial charge is 0.489 e. The van der Waals surface area contributed by atoms with Crippen molar-refractivity contribution in [2.45, 2.75) is 26.4 Å². The molecule has 0 radical (unpaired) electrons. The van der Waals surface area contributed by atoms with Crippen molar-refractivity contribution in [2.24, 2.45) is 0 Å². The van der Waals surface area contributed by atoms with Gasteiger partial charge >= 0.3 is 0 Å². The Morgan fingerprint density at radius 3 is 2.39 bits per heavy atom. The molecule has 0 aliphatic rings. The van der Waals surface area contributed by atoms with Crippen LogP contribution in [0.15, 0.2) is 48.5 Å². The van der Waals surface area contributed by atoms with Crippen molar-refractivity contribution in [1.29, 1.82) is 0 Å². The first-order chi connectivity index (χ1) is 8.65. The van der Waals surface area contributed by atoms with Gasteiger partial charge in [0.25, 0.3) is 0 Å². The minimum atomic E-state index is 0.563. The Balaban J connectivity index is 1.98. The van der Waals surface area contributed by atoms with E-state index in [9.17, 15) is 0 Å². The van der Waals surface area contributed by atoms with Gasteiger partial charge in [-0.05, 0) is 35.2 Å². The van der Waals surface area contributed by atoms with E-state index >= 15 is 0 Å². The number of ether oxygens (including phenoxy) is 1. The molecular formula is C16H17ClO. The second-order valence-corrected chi connectivity index (χ2v) is 5.08. The SMILES string of the molecule is CC(C)c1ccc(COc2cccc(Cl)c2)cc1. The summed E-state index contributed by atoms with van der Waals surface area (Å²) in [4.78, 5) is 0. The Labute approximate surface area is 113 Å². The van der Waals surface area contributed by atoms with Crippen molar-refractivity contribution < 1.29 is 4.74 Å². The molecule has 0 bridgehead atoms. The third kappa shape index (κ3) is 3.51. The van der Waals surface area contributed by atoms with Crippen LogP contribution in [0, 0.1) is 0 Å². The maximum Gasteiger partial charge on any atom is 0.121 e. The van der Waals surface area contributed by atoms with E-state index in [1.165, 1.54) is 11.1 Å². The number of hydrogen-bond acceptors (Lipinski definition) is 1. The van der Waals surface area contributed by atoms with Crippen molar-refractivity contribution >= 4 is 11.6 Å².